The zero-order valence-electron chi connectivity index (χ0n) is 10.8. The maximum atomic E-state index is 3.17. The number of rotatable bonds is 4. The van der Waals surface area contributed by atoms with E-state index in [9.17, 15) is 0 Å². The van der Waals surface area contributed by atoms with E-state index in [-0.39, 0.29) is 0 Å². The predicted octanol–water partition coefficient (Wildman–Crippen LogP) is 5.17. The van der Waals surface area contributed by atoms with Crippen molar-refractivity contribution in [2.45, 2.75) is 82.7 Å². The van der Waals surface area contributed by atoms with Crippen molar-refractivity contribution >= 4 is 9.24 Å². The second-order valence-electron chi connectivity index (χ2n) is 6.14. The van der Waals surface area contributed by atoms with Gasteiger partial charge in [0.05, 0.1) is 0 Å². The first-order valence-corrected chi connectivity index (χ1v) is 8.28. The molecule has 2 unspecified atom stereocenters. The van der Waals surface area contributed by atoms with Gasteiger partial charge in [0.25, 0.3) is 0 Å². The van der Waals surface area contributed by atoms with Crippen LogP contribution in [0.4, 0.5) is 0 Å². The predicted molar refractivity (Wildman–Crippen MR) is 75.9 cm³/mol. The first-order valence-electron chi connectivity index (χ1n) is 7.62. The Labute approximate surface area is 104 Å². The highest BCUT2D eigenvalue weighted by atomic mass is 31.0. The van der Waals surface area contributed by atoms with Gasteiger partial charge in [0.15, 0.2) is 0 Å². The molecule has 94 valence electrons. The molecule has 2 rings (SSSR count). The van der Waals surface area contributed by atoms with E-state index in [4.69, 9.17) is 0 Å². The lowest BCUT2D eigenvalue weighted by molar-refractivity contribution is 0.297. The molecule has 0 aromatic rings. The molecule has 2 saturated carbocycles. The first kappa shape index (κ1) is 12.9. The summed E-state index contributed by atoms with van der Waals surface area (Å²) in [5, 5.41) is 0. The summed E-state index contributed by atoms with van der Waals surface area (Å²) >= 11 is 0. The summed E-state index contributed by atoms with van der Waals surface area (Å²) in [5.41, 5.74) is 0.933. The molecule has 0 saturated heterocycles. The van der Waals surface area contributed by atoms with Crippen LogP contribution in [0.25, 0.3) is 0 Å². The molecule has 0 spiro atoms. The quantitative estimate of drug-likeness (QED) is 0.595. The minimum Gasteiger partial charge on any atom is -0.134 e. The van der Waals surface area contributed by atoms with Crippen molar-refractivity contribution in [3.8, 4) is 0 Å². The van der Waals surface area contributed by atoms with Gasteiger partial charge in [0.1, 0.15) is 0 Å². The molecular weight excluding hydrogens is 211 g/mol. The van der Waals surface area contributed by atoms with Crippen molar-refractivity contribution < 1.29 is 0 Å². The van der Waals surface area contributed by atoms with Crippen molar-refractivity contribution in [1.82, 2.24) is 0 Å². The number of hydrogen-bond donors (Lipinski definition) is 0. The van der Waals surface area contributed by atoms with Crippen LogP contribution < -0.4 is 0 Å². The van der Waals surface area contributed by atoms with E-state index >= 15 is 0 Å². The molecule has 0 aromatic carbocycles. The molecule has 0 aromatic heterocycles. The van der Waals surface area contributed by atoms with Gasteiger partial charge in [0.2, 0.25) is 0 Å². The molecule has 0 radical (unpaired) electrons. The molecule has 0 bridgehead atoms. The maximum absolute atomic E-state index is 3.17. The molecule has 0 aliphatic heterocycles. The Balaban J connectivity index is 1.63. The first-order chi connectivity index (χ1) is 7.86. The van der Waals surface area contributed by atoms with Gasteiger partial charge in [-0.1, -0.05) is 51.4 Å². The van der Waals surface area contributed by atoms with Crippen LogP contribution in [0.15, 0.2) is 0 Å². The zero-order chi connectivity index (χ0) is 11.2. The molecule has 0 nitrogen and oxygen atoms in total. The van der Waals surface area contributed by atoms with Gasteiger partial charge in [-0.05, 0) is 43.2 Å². The molecule has 2 atom stereocenters. The lowest BCUT2D eigenvalue weighted by Gasteiger charge is -2.29. The summed E-state index contributed by atoms with van der Waals surface area (Å²) in [6.45, 7) is 0. The monoisotopic (exact) mass is 240 g/mol. The van der Waals surface area contributed by atoms with E-state index in [2.05, 4.69) is 9.24 Å². The summed E-state index contributed by atoms with van der Waals surface area (Å²) in [4.78, 5) is 0. The van der Waals surface area contributed by atoms with Crippen molar-refractivity contribution in [2.75, 3.05) is 0 Å². The standard InChI is InChI=1S/C15H29P/c16-15(14-9-5-2-6-10-14)12-11-13-7-3-1-4-8-13/h13-15H,1-12,16H2. The summed E-state index contributed by atoms with van der Waals surface area (Å²) in [6, 6.07) is 0. The highest BCUT2D eigenvalue weighted by molar-refractivity contribution is 7.17. The fourth-order valence-electron chi connectivity index (χ4n) is 3.70. The van der Waals surface area contributed by atoms with Gasteiger partial charge >= 0.3 is 0 Å². The van der Waals surface area contributed by atoms with Crippen molar-refractivity contribution in [2.24, 2.45) is 11.8 Å². The van der Waals surface area contributed by atoms with E-state index in [1.54, 1.807) is 0 Å². The van der Waals surface area contributed by atoms with Gasteiger partial charge in [-0.2, -0.15) is 0 Å². The van der Waals surface area contributed by atoms with Crippen LogP contribution in [-0.2, 0) is 0 Å². The minimum atomic E-state index is 0.933. The Morgan fingerprint density at radius 3 is 2.00 bits per heavy atom. The van der Waals surface area contributed by atoms with Crippen molar-refractivity contribution in [3.05, 3.63) is 0 Å². The van der Waals surface area contributed by atoms with E-state index in [1.807, 2.05) is 0 Å². The lowest BCUT2D eigenvalue weighted by Crippen LogP contribution is -2.19. The average Bonchev–Trinajstić information content (AvgIpc) is 2.38. The summed E-state index contributed by atoms with van der Waals surface area (Å²) in [7, 11) is 3.17. The Hall–Kier alpha value is 0.430. The smallest absolute Gasteiger partial charge is 0.0236 e. The average molecular weight is 240 g/mol. The van der Waals surface area contributed by atoms with E-state index in [0.29, 0.717) is 0 Å². The van der Waals surface area contributed by atoms with Crippen LogP contribution >= 0.6 is 9.24 Å². The summed E-state index contributed by atoms with van der Waals surface area (Å²) < 4.78 is 0. The van der Waals surface area contributed by atoms with Gasteiger partial charge in [-0.25, -0.2) is 0 Å². The van der Waals surface area contributed by atoms with Gasteiger partial charge in [0, 0.05) is 0 Å². The molecule has 2 fully saturated rings. The second kappa shape index (κ2) is 7.00. The van der Waals surface area contributed by atoms with Crippen LogP contribution in [-0.4, -0.2) is 5.66 Å². The maximum Gasteiger partial charge on any atom is -0.0236 e. The van der Waals surface area contributed by atoms with Crippen LogP contribution in [0.3, 0.4) is 0 Å². The SMILES string of the molecule is PC(CCC1CCCCC1)C1CCCCC1. The van der Waals surface area contributed by atoms with Crippen LogP contribution in [0.5, 0.6) is 0 Å². The fraction of sp³-hybridized carbons (Fsp3) is 1.00. The van der Waals surface area contributed by atoms with Crippen LogP contribution in [0.2, 0.25) is 0 Å². The third-order valence-electron chi connectivity index (χ3n) is 4.89. The Bertz CT molecular complexity index is 178. The van der Waals surface area contributed by atoms with E-state index in [0.717, 1.165) is 17.5 Å². The highest BCUT2D eigenvalue weighted by Crippen LogP contribution is 2.35. The second-order valence-corrected chi connectivity index (χ2v) is 7.00. The highest BCUT2D eigenvalue weighted by Gasteiger charge is 2.21. The summed E-state index contributed by atoms with van der Waals surface area (Å²) in [6.07, 6.45) is 18.1. The molecule has 0 N–H and O–H groups in total. The number of hydrogen-bond acceptors (Lipinski definition) is 0. The molecule has 2 aliphatic rings. The van der Waals surface area contributed by atoms with Crippen molar-refractivity contribution in [3.63, 3.8) is 0 Å². The van der Waals surface area contributed by atoms with Gasteiger partial charge in [-0.15, -0.1) is 9.24 Å². The Morgan fingerprint density at radius 2 is 1.38 bits per heavy atom. The lowest BCUT2D eigenvalue weighted by atomic mass is 9.81. The molecular formula is C15H29P. The molecule has 0 heterocycles. The molecule has 2 aliphatic carbocycles. The topological polar surface area (TPSA) is 0 Å². The van der Waals surface area contributed by atoms with Crippen LogP contribution in [0.1, 0.15) is 77.0 Å². The largest absolute Gasteiger partial charge is 0.134 e. The summed E-state index contributed by atoms with van der Waals surface area (Å²) in [5.74, 6) is 2.13. The van der Waals surface area contributed by atoms with E-state index < -0.39 is 0 Å². The van der Waals surface area contributed by atoms with Gasteiger partial charge in [-0.3, -0.25) is 0 Å². The van der Waals surface area contributed by atoms with E-state index in [1.165, 1.54) is 77.0 Å². The minimum absolute atomic E-state index is 0.933. The van der Waals surface area contributed by atoms with Gasteiger partial charge < -0.3 is 0 Å². The zero-order valence-corrected chi connectivity index (χ0v) is 11.9. The molecule has 0 amide bonds. The third-order valence-corrected chi connectivity index (χ3v) is 5.77. The molecule has 16 heavy (non-hydrogen) atoms. The normalized spacial score (nSPS) is 26.8. The molecule has 1 heteroatoms. The van der Waals surface area contributed by atoms with Crippen molar-refractivity contribution in [1.29, 1.82) is 0 Å². The third kappa shape index (κ3) is 4.02. The van der Waals surface area contributed by atoms with Crippen LogP contribution in [0, 0.1) is 11.8 Å². The fourth-order valence-corrected chi connectivity index (χ4v) is 4.28. The Kier molecular flexibility index (Phi) is 5.63. The Morgan fingerprint density at radius 1 is 0.812 bits per heavy atom.